The first kappa shape index (κ1) is 34.5. The molecule has 0 spiro atoms. The molecule has 3 aromatic carbocycles. The van der Waals surface area contributed by atoms with Crippen molar-refractivity contribution in [3.8, 4) is 11.1 Å². The van der Waals surface area contributed by atoms with E-state index in [9.17, 15) is 45.7 Å². The SMILES string of the molecule is C[C@H]1[C@@H](c2cc(C(F)(F)F)cc(C(F)(F)F)c2)OC(O)N1CC1=C(c2cc(F)cc(-c3ccc(C(=O)O)cc3F)c2)CCC(C)(C)C1. The van der Waals surface area contributed by atoms with Gasteiger partial charge in [0.25, 0.3) is 0 Å². The summed E-state index contributed by atoms with van der Waals surface area (Å²) < 4.78 is 117. The van der Waals surface area contributed by atoms with E-state index in [1.54, 1.807) is 6.07 Å². The summed E-state index contributed by atoms with van der Waals surface area (Å²) in [5.41, 5.74) is -1.94. The van der Waals surface area contributed by atoms with E-state index < -0.39 is 65.2 Å². The van der Waals surface area contributed by atoms with Crippen molar-refractivity contribution in [1.29, 1.82) is 0 Å². The number of aromatic carboxylic acids is 1. The zero-order valence-corrected chi connectivity index (χ0v) is 25.4. The summed E-state index contributed by atoms with van der Waals surface area (Å²) in [4.78, 5) is 12.7. The van der Waals surface area contributed by atoms with Crippen LogP contribution in [-0.2, 0) is 17.1 Å². The van der Waals surface area contributed by atoms with Crippen molar-refractivity contribution in [1.82, 2.24) is 4.90 Å². The van der Waals surface area contributed by atoms with Crippen LogP contribution in [0.15, 0.2) is 60.2 Å². The molecule has 2 aliphatic rings. The Balaban J connectivity index is 1.52. The molecule has 1 fully saturated rings. The molecule has 3 atom stereocenters. The lowest BCUT2D eigenvalue weighted by Crippen LogP contribution is -2.38. The van der Waals surface area contributed by atoms with E-state index in [-0.39, 0.29) is 34.7 Å². The lowest BCUT2D eigenvalue weighted by molar-refractivity contribution is -0.150. The lowest BCUT2D eigenvalue weighted by atomic mass is 9.72. The zero-order chi connectivity index (χ0) is 34.6. The second-order valence-electron chi connectivity index (χ2n) is 12.8. The first-order valence-electron chi connectivity index (χ1n) is 14.7. The predicted octanol–water partition coefficient (Wildman–Crippen LogP) is 9.07. The first-order valence-corrected chi connectivity index (χ1v) is 14.7. The van der Waals surface area contributed by atoms with Crippen LogP contribution in [0.3, 0.4) is 0 Å². The van der Waals surface area contributed by atoms with Gasteiger partial charge in [0.2, 0.25) is 6.41 Å². The van der Waals surface area contributed by atoms with Crippen molar-refractivity contribution >= 4 is 11.5 Å². The molecule has 0 radical (unpaired) electrons. The quantitative estimate of drug-likeness (QED) is 0.257. The van der Waals surface area contributed by atoms with Crippen LogP contribution in [0.25, 0.3) is 16.7 Å². The summed E-state index contributed by atoms with van der Waals surface area (Å²) in [5.74, 6) is -2.87. The van der Waals surface area contributed by atoms with Gasteiger partial charge in [-0.25, -0.2) is 18.5 Å². The molecular formula is C34H31F8NO4. The molecule has 1 aliphatic heterocycles. The number of rotatable bonds is 6. The standard InChI is InChI=1S/C34H31F8NO4/c1-17-29(21-9-23(33(37,38)39)14-24(10-21)34(40,41)42)47-31(46)43(17)16-22-15-32(2,3)7-6-26(22)19-8-20(12-25(35)11-19)27-5-4-18(30(44)45)13-28(27)36/h4-5,8-14,17,29,31,46H,6-7,15-16H2,1-3H3,(H,44,45)/t17-,29-,31?/m0/s1. The molecule has 0 saturated carbocycles. The fourth-order valence-corrected chi connectivity index (χ4v) is 6.36. The van der Waals surface area contributed by atoms with Crippen molar-refractivity contribution in [3.63, 3.8) is 0 Å². The molecule has 1 unspecified atom stereocenters. The maximum atomic E-state index is 15.0. The van der Waals surface area contributed by atoms with E-state index in [4.69, 9.17) is 4.74 Å². The molecule has 1 saturated heterocycles. The second kappa shape index (κ2) is 12.3. The van der Waals surface area contributed by atoms with Crippen molar-refractivity contribution in [2.24, 2.45) is 5.41 Å². The molecule has 2 N–H and O–H groups in total. The normalized spacial score (nSPS) is 22.2. The number of aliphatic hydroxyl groups is 1. The number of alkyl halides is 6. The van der Waals surface area contributed by atoms with Gasteiger partial charge in [0.15, 0.2) is 0 Å². The summed E-state index contributed by atoms with van der Waals surface area (Å²) >= 11 is 0. The highest BCUT2D eigenvalue weighted by Gasteiger charge is 2.44. The first-order chi connectivity index (χ1) is 21.7. The minimum absolute atomic E-state index is 0.00377. The van der Waals surface area contributed by atoms with E-state index >= 15 is 4.39 Å². The highest BCUT2D eigenvalue weighted by Crippen LogP contribution is 2.46. The molecule has 1 aliphatic carbocycles. The number of carbonyl (C=O) groups is 1. The highest BCUT2D eigenvalue weighted by atomic mass is 19.4. The largest absolute Gasteiger partial charge is 0.478 e. The average molecular weight is 670 g/mol. The number of ether oxygens (including phenoxy) is 1. The lowest BCUT2D eigenvalue weighted by Gasteiger charge is -2.36. The van der Waals surface area contributed by atoms with Crippen molar-refractivity contribution in [2.45, 2.75) is 70.9 Å². The summed E-state index contributed by atoms with van der Waals surface area (Å²) in [7, 11) is 0. The van der Waals surface area contributed by atoms with Gasteiger partial charge in [0.05, 0.1) is 16.7 Å². The van der Waals surface area contributed by atoms with Crippen LogP contribution in [-0.4, -0.2) is 40.1 Å². The van der Waals surface area contributed by atoms with Gasteiger partial charge in [-0.15, -0.1) is 0 Å². The Morgan fingerprint density at radius 3 is 2.13 bits per heavy atom. The molecule has 0 bridgehead atoms. The number of benzene rings is 3. The predicted molar refractivity (Wildman–Crippen MR) is 156 cm³/mol. The van der Waals surface area contributed by atoms with Gasteiger partial charge in [-0.2, -0.15) is 26.3 Å². The van der Waals surface area contributed by atoms with Gasteiger partial charge >= 0.3 is 18.3 Å². The molecule has 0 aromatic heterocycles. The van der Waals surface area contributed by atoms with E-state index in [0.29, 0.717) is 42.5 Å². The zero-order valence-electron chi connectivity index (χ0n) is 25.4. The Kier molecular flexibility index (Phi) is 9.06. The van der Waals surface area contributed by atoms with Gasteiger partial charge in [0, 0.05) is 18.2 Å². The maximum Gasteiger partial charge on any atom is 0.416 e. The fourth-order valence-electron chi connectivity index (χ4n) is 6.36. The summed E-state index contributed by atoms with van der Waals surface area (Å²) in [6, 6.07) is 7.55. The Bertz CT molecular complexity index is 1700. The minimum atomic E-state index is -5.06. The Labute approximate surface area is 265 Å². The smallest absolute Gasteiger partial charge is 0.416 e. The van der Waals surface area contributed by atoms with E-state index in [1.165, 1.54) is 30.0 Å². The van der Waals surface area contributed by atoms with E-state index in [0.717, 1.165) is 17.7 Å². The number of carboxylic acid groups (broad SMARTS) is 1. The fraction of sp³-hybridized carbons (Fsp3) is 0.382. The molecular weight excluding hydrogens is 638 g/mol. The van der Waals surface area contributed by atoms with Crippen molar-refractivity contribution in [3.05, 3.63) is 99.6 Å². The number of halogens is 8. The van der Waals surface area contributed by atoms with Gasteiger partial charge in [-0.1, -0.05) is 25.5 Å². The molecule has 252 valence electrons. The highest BCUT2D eigenvalue weighted by molar-refractivity contribution is 5.88. The number of carboxylic acids is 1. The molecule has 1 heterocycles. The number of aliphatic hydroxyl groups excluding tert-OH is 1. The Morgan fingerprint density at radius 2 is 1.55 bits per heavy atom. The average Bonchev–Trinajstić information content (AvgIpc) is 3.23. The van der Waals surface area contributed by atoms with Crippen LogP contribution in [0.4, 0.5) is 35.1 Å². The molecule has 3 aromatic rings. The Morgan fingerprint density at radius 1 is 0.936 bits per heavy atom. The molecule has 5 rings (SSSR count). The van der Waals surface area contributed by atoms with Crippen LogP contribution >= 0.6 is 0 Å². The van der Waals surface area contributed by atoms with Gasteiger partial charge in [0.1, 0.15) is 17.7 Å². The van der Waals surface area contributed by atoms with Gasteiger partial charge in [-0.05, 0) is 102 Å². The molecule has 0 amide bonds. The molecule has 5 nitrogen and oxygen atoms in total. The van der Waals surface area contributed by atoms with E-state index in [1.807, 2.05) is 13.8 Å². The number of nitrogens with zero attached hydrogens (tertiary/aromatic N) is 1. The summed E-state index contributed by atoms with van der Waals surface area (Å²) in [6.45, 7) is 5.53. The summed E-state index contributed by atoms with van der Waals surface area (Å²) in [5, 5.41) is 20.1. The minimum Gasteiger partial charge on any atom is -0.478 e. The van der Waals surface area contributed by atoms with Crippen LogP contribution in [0.2, 0.25) is 0 Å². The Hall–Kier alpha value is -3.81. The monoisotopic (exact) mass is 669 g/mol. The van der Waals surface area contributed by atoms with Crippen LogP contribution in [0, 0.1) is 17.0 Å². The molecule has 47 heavy (non-hydrogen) atoms. The van der Waals surface area contributed by atoms with Gasteiger partial charge < -0.3 is 14.9 Å². The molecule has 13 heteroatoms. The van der Waals surface area contributed by atoms with Crippen LogP contribution in [0.1, 0.15) is 78.7 Å². The van der Waals surface area contributed by atoms with Crippen molar-refractivity contribution in [2.75, 3.05) is 6.54 Å². The third-order valence-electron chi connectivity index (χ3n) is 8.77. The number of hydrogen-bond acceptors (Lipinski definition) is 4. The second-order valence-corrected chi connectivity index (χ2v) is 12.8. The maximum absolute atomic E-state index is 15.0. The number of allylic oxidation sites excluding steroid dienone is 1. The van der Waals surface area contributed by atoms with Crippen molar-refractivity contribution < 1.29 is 54.9 Å². The van der Waals surface area contributed by atoms with Gasteiger partial charge in [-0.3, -0.25) is 0 Å². The summed E-state index contributed by atoms with van der Waals surface area (Å²) in [6.07, 6.45) is -11.5. The number of hydrogen-bond donors (Lipinski definition) is 2. The topological polar surface area (TPSA) is 70.0 Å². The van der Waals surface area contributed by atoms with Crippen LogP contribution in [0.5, 0.6) is 0 Å². The third-order valence-corrected chi connectivity index (χ3v) is 8.77. The van der Waals surface area contributed by atoms with E-state index in [2.05, 4.69) is 0 Å². The van der Waals surface area contributed by atoms with Crippen LogP contribution < -0.4 is 0 Å². The third kappa shape index (κ3) is 7.37.